The maximum atomic E-state index is 13.1. The molecule has 0 saturated heterocycles. The Labute approximate surface area is 186 Å². The number of aryl methyl sites for hydroxylation is 1. The lowest BCUT2D eigenvalue weighted by Gasteiger charge is -2.17. The van der Waals surface area contributed by atoms with E-state index in [1.807, 2.05) is 65.4 Å². The number of fused-ring (bicyclic) bond motifs is 1. The van der Waals surface area contributed by atoms with Crippen LogP contribution in [0.3, 0.4) is 0 Å². The van der Waals surface area contributed by atoms with Gasteiger partial charge in [0.2, 0.25) is 5.78 Å². The van der Waals surface area contributed by atoms with Crippen LogP contribution in [-0.4, -0.2) is 34.1 Å². The summed E-state index contributed by atoms with van der Waals surface area (Å²) in [7, 11) is 0. The smallest absolute Gasteiger partial charge is 0.344 e. The summed E-state index contributed by atoms with van der Waals surface area (Å²) < 4.78 is 13.0. The number of benzene rings is 2. The maximum absolute atomic E-state index is 13.1. The number of allylic oxidation sites excluding steroid dienone is 1. The van der Waals surface area contributed by atoms with Gasteiger partial charge < -0.3 is 19.1 Å². The zero-order chi connectivity index (χ0) is 22.5. The molecule has 0 unspecified atom stereocenters. The Balaban J connectivity index is 1.45. The summed E-state index contributed by atoms with van der Waals surface area (Å²) in [5.74, 6) is 0.336. The van der Waals surface area contributed by atoms with Crippen LogP contribution in [0.25, 0.3) is 6.08 Å². The topological polar surface area (TPSA) is 77.8 Å². The van der Waals surface area contributed by atoms with Gasteiger partial charge in [0.25, 0.3) is 0 Å². The van der Waals surface area contributed by atoms with Gasteiger partial charge in [-0.05, 0) is 73.4 Å². The average molecular weight is 431 g/mol. The molecule has 3 aromatic rings. The molecule has 1 atom stereocenters. The van der Waals surface area contributed by atoms with E-state index in [0.717, 1.165) is 36.3 Å². The number of aromatic nitrogens is 1. The Kier molecular flexibility index (Phi) is 6.40. The molecule has 164 valence electrons. The SMILES string of the molecule is C[C@H](Oc1cccc(/C=C/Cn2cccc2C(=O)c2ccc3c(c2)CCCO3)c1)C(=O)O. The molecule has 0 saturated carbocycles. The van der Waals surface area contributed by atoms with Gasteiger partial charge in [-0.3, -0.25) is 4.79 Å². The zero-order valence-corrected chi connectivity index (χ0v) is 17.9. The third-order valence-electron chi connectivity index (χ3n) is 5.36. The van der Waals surface area contributed by atoms with Gasteiger partial charge in [0.05, 0.1) is 12.3 Å². The van der Waals surface area contributed by atoms with E-state index < -0.39 is 12.1 Å². The van der Waals surface area contributed by atoms with Gasteiger partial charge in [-0.1, -0.05) is 24.3 Å². The largest absolute Gasteiger partial charge is 0.493 e. The first kappa shape index (κ1) is 21.4. The van der Waals surface area contributed by atoms with Crippen LogP contribution in [0.1, 0.15) is 40.5 Å². The third kappa shape index (κ3) is 4.91. The highest BCUT2D eigenvalue weighted by molar-refractivity contribution is 6.08. The number of carbonyl (C=O) groups excluding carboxylic acids is 1. The molecule has 1 N–H and O–H groups in total. The van der Waals surface area contributed by atoms with Crippen LogP contribution >= 0.6 is 0 Å². The Bertz CT molecular complexity index is 1160. The van der Waals surface area contributed by atoms with Gasteiger partial charge in [0, 0.05) is 18.3 Å². The van der Waals surface area contributed by atoms with Crippen LogP contribution in [0.15, 0.2) is 66.9 Å². The minimum atomic E-state index is -1.01. The lowest BCUT2D eigenvalue weighted by molar-refractivity contribution is -0.144. The molecule has 6 nitrogen and oxygen atoms in total. The van der Waals surface area contributed by atoms with Gasteiger partial charge in [-0.25, -0.2) is 4.79 Å². The van der Waals surface area contributed by atoms with Crippen molar-refractivity contribution in [2.75, 3.05) is 6.61 Å². The number of hydrogen-bond donors (Lipinski definition) is 1. The van der Waals surface area contributed by atoms with Crippen molar-refractivity contribution in [3.63, 3.8) is 0 Å². The van der Waals surface area contributed by atoms with Crippen LogP contribution in [-0.2, 0) is 17.8 Å². The molecule has 2 heterocycles. The molecule has 6 heteroatoms. The lowest BCUT2D eigenvalue weighted by Crippen LogP contribution is -2.22. The summed E-state index contributed by atoms with van der Waals surface area (Å²) in [5, 5.41) is 9.00. The standard InChI is InChI=1S/C26H25NO5/c1-18(26(29)30)32-22-9-2-6-19(16-22)7-3-13-27-14-4-10-23(27)25(28)21-11-12-24-20(17-21)8-5-15-31-24/h2-4,6-7,9-12,14,16-18H,5,8,13,15H2,1H3,(H,29,30)/b7-3+/t18-/m0/s1. The van der Waals surface area contributed by atoms with Crippen LogP contribution < -0.4 is 9.47 Å². The monoisotopic (exact) mass is 431 g/mol. The van der Waals surface area contributed by atoms with Gasteiger partial charge in [0.15, 0.2) is 6.10 Å². The van der Waals surface area contributed by atoms with Gasteiger partial charge in [-0.2, -0.15) is 0 Å². The number of ether oxygens (including phenoxy) is 2. The number of carboxylic acids is 1. The molecule has 0 bridgehead atoms. The Morgan fingerprint density at radius 1 is 1.19 bits per heavy atom. The summed E-state index contributed by atoms with van der Waals surface area (Å²) in [6.07, 6.45) is 6.73. The van der Waals surface area contributed by atoms with Gasteiger partial charge >= 0.3 is 5.97 Å². The molecule has 1 aliphatic rings. The van der Waals surface area contributed by atoms with Crippen molar-refractivity contribution >= 4 is 17.8 Å². The number of nitrogens with zero attached hydrogens (tertiary/aromatic N) is 1. The Morgan fingerprint density at radius 2 is 2.06 bits per heavy atom. The fourth-order valence-corrected chi connectivity index (χ4v) is 3.68. The van der Waals surface area contributed by atoms with E-state index in [9.17, 15) is 9.59 Å². The fraction of sp³-hybridized carbons (Fsp3) is 0.231. The summed E-state index contributed by atoms with van der Waals surface area (Å²) in [5.41, 5.74) is 3.25. The van der Waals surface area contributed by atoms with Crippen LogP contribution in [0.5, 0.6) is 11.5 Å². The van der Waals surface area contributed by atoms with Crippen molar-refractivity contribution in [3.05, 3.63) is 89.3 Å². The number of carbonyl (C=O) groups is 2. The minimum absolute atomic E-state index is 0.0187. The molecular weight excluding hydrogens is 406 g/mol. The second-order valence-electron chi connectivity index (χ2n) is 7.72. The van der Waals surface area contributed by atoms with Crippen molar-refractivity contribution < 1.29 is 24.2 Å². The number of ketones is 1. The molecule has 0 radical (unpaired) electrons. The van der Waals surface area contributed by atoms with E-state index in [2.05, 4.69) is 0 Å². The average Bonchev–Trinajstić information content (AvgIpc) is 3.27. The highest BCUT2D eigenvalue weighted by Crippen LogP contribution is 2.26. The highest BCUT2D eigenvalue weighted by Gasteiger charge is 2.17. The molecule has 1 aliphatic heterocycles. The van der Waals surface area contributed by atoms with Crippen molar-refractivity contribution in [1.29, 1.82) is 0 Å². The van der Waals surface area contributed by atoms with Crippen LogP contribution in [0.2, 0.25) is 0 Å². The molecule has 1 aromatic heterocycles. The summed E-state index contributed by atoms with van der Waals surface area (Å²) in [4.78, 5) is 24.1. The Hall–Kier alpha value is -3.80. The van der Waals surface area contributed by atoms with E-state index in [-0.39, 0.29) is 5.78 Å². The first-order valence-electron chi connectivity index (χ1n) is 10.6. The predicted octanol–water partition coefficient (Wildman–Crippen LogP) is 4.61. The molecule has 0 fully saturated rings. The second kappa shape index (κ2) is 9.56. The number of carboxylic acid groups (broad SMARTS) is 1. The normalized spacial score (nSPS) is 13.9. The predicted molar refractivity (Wildman–Crippen MR) is 121 cm³/mol. The maximum Gasteiger partial charge on any atom is 0.344 e. The van der Waals surface area contributed by atoms with Gasteiger partial charge in [-0.15, -0.1) is 0 Å². The summed E-state index contributed by atoms with van der Waals surface area (Å²) in [6.45, 7) is 2.74. The van der Waals surface area contributed by atoms with E-state index in [1.165, 1.54) is 6.92 Å². The minimum Gasteiger partial charge on any atom is -0.493 e. The van der Waals surface area contributed by atoms with Crippen molar-refractivity contribution in [2.24, 2.45) is 0 Å². The van der Waals surface area contributed by atoms with Crippen molar-refractivity contribution in [3.8, 4) is 11.5 Å². The number of aliphatic carboxylic acids is 1. The third-order valence-corrected chi connectivity index (χ3v) is 5.36. The molecule has 32 heavy (non-hydrogen) atoms. The number of hydrogen-bond acceptors (Lipinski definition) is 4. The summed E-state index contributed by atoms with van der Waals surface area (Å²) in [6, 6.07) is 16.6. The van der Waals surface area contributed by atoms with E-state index in [0.29, 0.717) is 23.6 Å². The Morgan fingerprint density at radius 3 is 2.91 bits per heavy atom. The molecular formula is C26H25NO5. The lowest BCUT2D eigenvalue weighted by atomic mass is 10.00. The van der Waals surface area contributed by atoms with Crippen LogP contribution in [0, 0.1) is 0 Å². The molecule has 0 amide bonds. The van der Waals surface area contributed by atoms with E-state index in [4.69, 9.17) is 14.6 Å². The zero-order valence-electron chi connectivity index (χ0n) is 17.9. The second-order valence-corrected chi connectivity index (χ2v) is 7.72. The highest BCUT2D eigenvalue weighted by atomic mass is 16.5. The molecule has 0 aliphatic carbocycles. The summed E-state index contributed by atoms with van der Waals surface area (Å²) >= 11 is 0. The van der Waals surface area contributed by atoms with Gasteiger partial charge in [0.1, 0.15) is 11.5 Å². The molecule has 4 rings (SSSR count). The van der Waals surface area contributed by atoms with Crippen molar-refractivity contribution in [1.82, 2.24) is 4.57 Å². The molecule has 0 spiro atoms. The molecule has 2 aromatic carbocycles. The van der Waals surface area contributed by atoms with Crippen molar-refractivity contribution in [2.45, 2.75) is 32.4 Å². The first-order chi connectivity index (χ1) is 15.5. The fourth-order valence-electron chi connectivity index (χ4n) is 3.68. The first-order valence-corrected chi connectivity index (χ1v) is 10.6. The number of rotatable bonds is 8. The van der Waals surface area contributed by atoms with E-state index in [1.54, 1.807) is 12.1 Å². The van der Waals surface area contributed by atoms with Crippen LogP contribution in [0.4, 0.5) is 0 Å². The quantitative estimate of drug-likeness (QED) is 0.527. The van der Waals surface area contributed by atoms with E-state index >= 15 is 0 Å².